The van der Waals surface area contributed by atoms with Crippen molar-refractivity contribution in [3.63, 3.8) is 0 Å². The van der Waals surface area contributed by atoms with Crippen LogP contribution in [0, 0.1) is 6.92 Å². The fourth-order valence-corrected chi connectivity index (χ4v) is 3.99. The number of rotatable bonds is 4. The number of aryl methyl sites for hydroxylation is 1. The summed E-state index contributed by atoms with van der Waals surface area (Å²) in [6, 6.07) is 20.6. The second kappa shape index (κ2) is 7.60. The SMILES string of the molecule is Cc1ccccc1Oc1c(N2CCNCC2)c2ccncc2n1-c1ccccc1. The standard InChI is InChI=1S/C24H24N4O/c1-18-7-5-6-10-22(18)29-24-23(27-15-13-25-14-16-27)20-11-12-26-17-21(20)28(24)19-8-3-2-4-9-19/h2-12,17,25H,13-16H2,1H3. The number of ether oxygens (including phenoxy) is 1. The monoisotopic (exact) mass is 384 g/mol. The number of nitrogens with one attached hydrogen (secondary N) is 1. The normalized spacial score (nSPS) is 14.3. The van der Waals surface area contributed by atoms with Gasteiger partial charge in [0.2, 0.25) is 5.88 Å². The fourth-order valence-electron chi connectivity index (χ4n) is 3.99. The number of aromatic nitrogens is 2. The smallest absolute Gasteiger partial charge is 0.229 e. The summed E-state index contributed by atoms with van der Waals surface area (Å²) in [5.41, 5.74) is 4.36. The molecular formula is C24H24N4O. The zero-order valence-corrected chi connectivity index (χ0v) is 16.5. The second-order valence-corrected chi connectivity index (χ2v) is 7.32. The van der Waals surface area contributed by atoms with Gasteiger partial charge in [-0.15, -0.1) is 0 Å². The van der Waals surface area contributed by atoms with Crippen LogP contribution in [0.1, 0.15) is 5.56 Å². The molecule has 5 nitrogen and oxygen atoms in total. The Balaban J connectivity index is 1.78. The average molecular weight is 384 g/mol. The van der Waals surface area contributed by atoms with Gasteiger partial charge in [-0.3, -0.25) is 9.55 Å². The topological polar surface area (TPSA) is 42.3 Å². The van der Waals surface area contributed by atoms with Crippen molar-refractivity contribution in [1.82, 2.24) is 14.9 Å². The summed E-state index contributed by atoms with van der Waals surface area (Å²) < 4.78 is 8.82. The summed E-state index contributed by atoms with van der Waals surface area (Å²) >= 11 is 0. The van der Waals surface area contributed by atoms with Gasteiger partial charge in [-0.2, -0.15) is 0 Å². The van der Waals surface area contributed by atoms with Crippen molar-refractivity contribution < 1.29 is 4.74 Å². The van der Waals surface area contributed by atoms with Gasteiger partial charge in [-0.05, 0) is 36.8 Å². The highest BCUT2D eigenvalue weighted by molar-refractivity contribution is 5.98. The summed E-state index contributed by atoms with van der Waals surface area (Å²) in [6.45, 7) is 5.90. The van der Waals surface area contributed by atoms with Crippen LogP contribution in [0.15, 0.2) is 73.1 Å². The first-order valence-corrected chi connectivity index (χ1v) is 10.1. The van der Waals surface area contributed by atoms with Crippen LogP contribution in [0.5, 0.6) is 11.6 Å². The third-order valence-electron chi connectivity index (χ3n) is 5.45. The van der Waals surface area contributed by atoms with Gasteiger partial charge in [0.1, 0.15) is 11.4 Å². The molecule has 1 fully saturated rings. The molecule has 3 heterocycles. The number of piperazine rings is 1. The minimum atomic E-state index is 0.843. The first kappa shape index (κ1) is 17.8. The summed E-state index contributed by atoms with van der Waals surface area (Å²) in [4.78, 5) is 6.84. The quantitative estimate of drug-likeness (QED) is 0.561. The van der Waals surface area contributed by atoms with Crippen LogP contribution in [-0.4, -0.2) is 35.7 Å². The van der Waals surface area contributed by atoms with E-state index in [1.165, 1.54) is 0 Å². The minimum absolute atomic E-state index is 0.843. The third-order valence-corrected chi connectivity index (χ3v) is 5.45. The maximum Gasteiger partial charge on any atom is 0.229 e. The van der Waals surface area contributed by atoms with Crippen LogP contribution in [-0.2, 0) is 0 Å². The van der Waals surface area contributed by atoms with E-state index in [1.807, 2.05) is 36.7 Å². The van der Waals surface area contributed by atoms with E-state index in [9.17, 15) is 0 Å². The summed E-state index contributed by atoms with van der Waals surface area (Å²) in [7, 11) is 0. The lowest BCUT2D eigenvalue weighted by Gasteiger charge is -2.30. The Labute approximate surface area is 170 Å². The van der Waals surface area contributed by atoms with Gasteiger partial charge in [0.05, 0.1) is 11.7 Å². The number of benzene rings is 2. The molecule has 1 saturated heterocycles. The molecule has 0 atom stereocenters. The fraction of sp³-hybridized carbons (Fsp3) is 0.208. The average Bonchev–Trinajstić information content (AvgIpc) is 3.10. The summed E-state index contributed by atoms with van der Waals surface area (Å²) in [5, 5.41) is 4.61. The van der Waals surface area contributed by atoms with E-state index in [0.29, 0.717) is 0 Å². The lowest BCUT2D eigenvalue weighted by Crippen LogP contribution is -2.43. The summed E-state index contributed by atoms with van der Waals surface area (Å²) in [6.07, 6.45) is 3.79. The maximum absolute atomic E-state index is 6.64. The lowest BCUT2D eigenvalue weighted by molar-refractivity contribution is 0.449. The highest BCUT2D eigenvalue weighted by Gasteiger charge is 2.26. The molecule has 0 unspecified atom stereocenters. The molecule has 146 valence electrons. The van der Waals surface area contributed by atoms with E-state index in [-0.39, 0.29) is 0 Å². The van der Waals surface area contributed by atoms with Gasteiger partial charge < -0.3 is 15.0 Å². The Morgan fingerprint density at radius 3 is 2.48 bits per heavy atom. The zero-order valence-electron chi connectivity index (χ0n) is 16.5. The molecule has 5 heteroatoms. The van der Waals surface area contributed by atoms with Gasteiger partial charge >= 0.3 is 0 Å². The van der Waals surface area contributed by atoms with Gasteiger partial charge in [0, 0.05) is 43.4 Å². The third kappa shape index (κ3) is 3.23. The van der Waals surface area contributed by atoms with Crippen molar-refractivity contribution in [3.8, 4) is 17.3 Å². The molecule has 1 aliphatic heterocycles. The highest BCUT2D eigenvalue weighted by atomic mass is 16.5. The molecule has 0 radical (unpaired) electrons. The van der Waals surface area contributed by atoms with E-state index < -0.39 is 0 Å². The first-order valence-electron chi connectivity index (χ1n) is 10.1. The largest absolute Gasteiger partial charge is 0.438 e. The Hall–Kier alpha value is -3.31. The predicted molar refractivity (Wildman–Crippen MR) is 117 cm³/mol. The number of para-hydroxylation sites is 2. The van der Waals surface area contributed by atoms with Crippen LogP contribution in [0.3, 0.4) is 0 Å². The van der Waals surface area contributed by atoms with E-state index >= 15 is 0 Å². The van der Waals surface area contributed by atoms with Crippen molar-refractivity contribution in [2.24, 2.45) is 0 Å². The number of hydrogen-bond acceptors (Lipinski definition) is 4. The van der Waals surface area contributed by atoms with Crippen LogP contribution in [0.2, 0.25) is 0 Å². The van der Waals surface area contributed by atoms with Crippen LogP contribution in [0.25, 0.3) is 16.6 Å². The second-order valence-electron chi connectivity index (χ2n) is 7.32. The Bertz CT molecular complexity index is 1130. The van der Waals surface area contributed by atoms with Crippen LogP contribution in [0.4, 0.5) is 5.69 Å². The van der Waals surface area contributed by atoms with Crippen molar-refractivity contribution in [2.45, 2.75) is 6.92 Å². The molecule has 29 heavy (non-hydrogen) atoms. The number of nitrogens with zero attached hydrogens (tertiary/aromatic N) is 3. The van der Waals surface area contributed by atoms with Gasteiger partial charge in [0.25, 0.3) is 0 Å². The lowest BCUT2D eigenvalue weighted by atomic mass is 10.2. The van der Waals surface area contributed by atoms with E-state index in [2.05, 4.69) is 63.1 Å². The Morgan fingerprint density at radius 2 is 1.69 bits per heavy atom. The van der Waals surface area contributed by atoms with E-state index in [1.54, 1.807) is 0 Å². The van der Waals surface area contributed by atoms with Crippen LogP contribution < -0.4 is 15.0 Å². The van der Waals surface area contributed by atoms with Crippen molar-refractivity contribution >= 4 is 16.6 Å². The van der Waals surface area contributed by atoms with Gasteiger partial charge in [0.15, 0.2) is 0 Å². The molecular weight excluding hydrogens is 360 g/mol. The molecule has 2 aromatic heterocycles. The van der Waals surface area contributed by atoms with Gasteiger partial charge in [-0.1, -0.05) is 36.4 Å². The molecule has 0 saturated carbocycles. The molecule has 2 aromatic carbocycles. The van der Waals surface area contributed by atoms with Crippen molar-refractivity contribution in [1.29, 1.82) is 0 Å². The number of pyridine rings is 1. The Kier molecular flexibility index (Phi) is 4.66. The Morgan fingerprint density at radius 1 is 0.931 bits per heavy atom. The highest BCUT2D eigenvalue weighted by Crippen LogP contribution is 2.44. The molecule has 5 rings (SSSR count). The molecule has 0 bridgehead atoms. The zero-order chi connectivity index (χ0) is 19.6. The number of hydrogen-bond donors (Lipinski definition) is 1. The van der Waals surface area contributed by atoms with Crippen LogP contribution >= 0.6 is 0 Å². The summed E-state index contributed by atoms with van der Waals surface area (Å²) in [5.74, 6) is 1.72. The van der Waals surface area contributed by atoms with Crippen molar-refractivity contribution in [3.05, 3.63) is 78.6 Å². The molecule has 1 aliphatic rings. The molecule has 0 spiro atoms. The first-order chi connectivity index (χ1) is 14.3. The molecule has 4 aromatic rings. The maximum atomic E-state index is 6.64. The molecule has 0 aliphatic carbocycles. The van der Waals surface area contributed by atoms with Crippen molar-refractivity contribution in [2.75, 3.05) is 31.1 Å². The molecule has 1 N–H and O–H groups in total. The van der Waals surface area contributed by atoms with E-state index in [4.69, 9.17) is 4.74 Å². The number of fused-ring (bicyclic) bond motifs is 1. The predicted octanol–water partition coefficient (Wildman–Crippen LogP) is 4.54. The molecule has 0 amide bonds. The van der Waals surface area contributed by atoms with Gasteiger partial charge in [-0.25, -0.2) is 0 Å². The number of anilines is 1. The minimum Gasteiger partial charge on any atom is -0.438 e. The van der Waals surface area contributed by atoms with E-state index in [0.717, 1.165) is 65.6 Å².